The molecule has 0 fully saturated rings. The lowest BCUT2D eigenvalue weighted by Crippen LogP contribution is -2.14. The highest BCUT2D eigenvalue weighted by Gasteiger charge is 2.23. The lowest BCUT2D eigenvalue weighted by atomic mass is 10.1. The van der Waals surface area contributed by atoms with Crippen molar-refractivity contribution in [2.75, 3.05) is 5.32 Å². The zero-order chi connectivity index (χ0) is 22.9. The summed E-state index contributed by atoms with van der Waals surface area (Å²) in [6.07, 6.45) is 3.22. The molecule has 0 aliphatic heterocycles. The Hall–Kier alpha value is -3.91. The van der Waals surface area contributed by atoms with Gasteiger partial charge in [0.25, 0.3) is 5.91 Å². The average molecular weight is 458 g/mol. The van der Waals surface area contributed by atoms with Crippen molar-refractivity contribution < 1.29 is 9.18 Å². The van der Waals surface area contributed by atoms with Gasteiger partial charge in [0.15, 0.2) is 5.13 Å². The fraction of sp³-hybridized carbons (Fsp3) is 0.120. The van der Waals surface area contributed by atoms with Crippen LogP contribution in [0.2, 0.25) is 0 Å². The quantitative estimate of drug-likeness (QED) is 0.341. The average Bonchev–Trinajstić information content (AvgIpc) is 3.46. The molecule has 0 bridgehead atoms. The summed E-state index contributed by atoms with van der Waals surface area (Å²) in [4.78, 5) is 22.2. The third-order valence-corrected chi connectivity index (χ3v) is 6.06. The van der Waals surface area contributed by atoms with Crippen LogP contribution in [0.25, 0.3) is 33.4 Å². The Morgan fingerprint density at radius 2 is 1.88 bits per heavy atom. The molecule has 3 aromatic heterocycles. The topological polar surface area (TPSA) is 72.7 Å². The molecule has 0 atom stereocenters. The molecule has 0 saturated carbocycles. The summed E-state index contributed by atoms with van der Waals surface area (Å²) in [7, 11) is 0. The fourth-order valence-electron chi connectivity index (χ4n) is 3.77. The summed E-state index contributed by atoms with van der Waals surface area (Å²) in [5.41, 5.74) is 2.49. The van der Waals surface area contributed by atoms with E-state index in [-0.39, 0.29) is 11.6 Å². The predicted octanol–water partition coefficient (Wildman–Crippen LogP) is 6.19. The second-order valence-electron chi connectivity index (χ2n) is 7.80. The van der Waals surface area contributed by atoms with Crippen LogP contribution in [0, 0.1) is 5.82 Å². The van der Waals surface area contributed by atoms with Gasteiger partial charge in [0, 0.05) is 28.6 Å². The molecule has 0 aliphatic carbocycles. The van der Waals surface area contributed by atoms with Crippen LogP contribution in [-0.4, -0.2) is 25.7 Å². The number of aromatic nitrogens is 4. The number of hydrogen-bond donors (Lipinski definition) is 1. The van der Waals surface area contributed by atoms with Crippen LogP contribution >= 0.6 is 11.3 Å². The largest absolute Gasteiger partial charge is 0.298 e. The summed E-state index contributed by atoms with van der Waals surface area (Å²) in [6, 6.07) is 16.2. The molecule has 1 amide bonds. The normalized spacial score (nSPS) is 11.3. The van der Waals surface area contributed by atoms with Gasteiger partial charge in [0.1, 0.15) is 11.5 Å². The van der Waals surface area contributed by atoms with E-state index >= 15 is 0 Å². The molecule has 0 spiro atoms. The van der Waals surface area contributed by atoms with Gasteiger partial charge in [0.05, 0.1) is 23.1 Å². The summed E-state index contributed by atoms with van der Waals surface area (Å²) in [5.74, 6) is -0.806. The maximum absolute atomic E-state index is 14.6. The third kappa shape index (κ3) is 3.89. The monoisotopic (exact) mass is 457 g/mol. The maximum Gasteiger partial charge on any atom is 0.261 e. The van der Waals surface area contributed by atoms with Gasteiger partial charge in [-0.3, -0.25) is 19.8 Å². The van der Waals surface area contributed by atoms with Gasteiger partial charge in [-0.15, -0.1) is 11.3 Å². The van der Waals surface area contributed by atoms with E-state index in [1.54, 1.807) is 29.1 Å². The Labute approximate surface area is 193 Å². The molecule has 6 nitrogen and oxygen atoms in total. The predicted molar refractivity (Wildman–Crippen MR) is 129 cm³/mol. The summed E-state index contributed by atoms with van der Waals surface area (Å²) < 4.78 is 16.2. The van der Waals surface area contributed by atoms with Crippen molar-refractivity contribution in [1.82, 2.24) is 19.7 Å². The van der Waals surface area contributed by atoms with Crippen LogP contribution in [0.1, 0.15) is 30.2 Å². The van der Waals surface area contributed by atoms with Crippen LogP contribution in [0.4, 0.5) is 9.52 Å². The molecule has 1 N–H and O–H groups in total. The summed E-state index contributed by atoms with van der Waals surface area (Å²) in [5, 5.41) is 11.5. The van der Waals surface area contributed by atoms with Crippen molar-refractivity contribution in [2.45, 2.75) is 19.9 Å². The number of amides is 1. The molecule has 5 aromatic rings. The number of anilines is 1. The number of carbonyl (C=O) groups excluding carboxylic acids is 1. The van der Waals surface area contributed by atoms with E-state index in [0.29, 0.717) is 22.1 Å². The van der Waals surface area contributed by atoms with Crippen LogP contribution in [0.5, 0.6) is 0 Å². The number of halogens is 1. The first-order valence-electron chi connectivity index (χ1n) is 10.5. The third-order valence-electron chi connectivity index (χ3n) is 5.30. The van der Waals surface area contributed by atoms with Gasteiger partial charge < -0.3 is 0 Å². The van der Waals surface area contributed by atoms with Crippen LogP contribution in [-0.2, 0) is 0 Å². The van der Waals surface area contributed by atoms with Crippen molar-refractivity contribution >= 4 is 33.1 Å². The lowest BCUT2D eigenvalue weighted by Gasteiger charge is -2.13. The van der Waals surface area contributed by atoms with Gasteiger partial charge >= 0.3 is 0 Å². The minimum Gasteiger partial charge on any atom is -0.298 e. The molecule has 0 saturated heterocycles. The highest BCUT2D eigenvalue weighted by atomic mass is 32.1. The number of thiazole rings is 1. The molecule has 5 rings (SSSR count). The maximum atomic E-state index is 14.6. The Morgan fingerprint density at radius 1 is 1.09 bits per heavy atom. The molecule has 0 aliphatic rings. The first-order chi connectivity index (χ1) is 16.0. The zero-order valence-corrected chi connectivity index (χ0v) is 18.8. The smallest absolute Gasteiger partial charge is 0.261 e. The van der Waals surface area contributed by atoms with Crippen LogP contribution < -0.4 is 5.32 Å². The van der Waals surface area contributed by atoms with Crippen LogP contribution in [0.3, 0.4) is 0 Å². The molecule has 2 aromatic carbocycles. The molecular weight excluding hydrogens is 437 g/mol. The number of fused-ring (bicyclic) bond motifs is 1. The molecular formula is C25H20FN5OS. The van der Waals surface area contributed by atoms with Crippen molar-refractivity contribution in [1.29, 1.82) is 0 Å². The number of pyridine rings is 1. The zero-order valence-electron chi connectivity index (χ0n) is 18.0. The minimum atomic E-state index is -0.410. The molecule has 0 unspecified atom stereocenters. The van der Waals surface area contributed by atoms with Crippen LogP contribution in [0.15, 0.2) is 72.4 Å². The van der Waals surface area contributed by atoms with E-state index in [0.717, 1.165) is 16.5 Å². The van der Waals surface area contributed by atoms with Crippen molar-refractivity contribution in [3.63, 3.8) is 0 Å². The van der Waals surface area contributed by atoms with Gasteiger partial charge in [-0.2, -0.15) is 5.10 Å². The molecule has 8 heteroatoms. The van der Waals surface area contributed by atoms with E-state index < -0.39 is 11.7 Å². The second-order valence-corrected chi connectivity index (χ2v) is 8.66. The molecule has 3 heterocycles. The number of nitrogens with zero attached hydrogens (tertiary/aromatic N) is 4. The van der Waals surface area contributed by atoms with Gasteiger partial charge in [-0.1, -0.05) is 36.4 Å². The molecule has 0 radical (unpaired) electrons. The second kappa shape index (κ2) is 8.55. The van der Waals surface area contributed by atoms with Crippen molar-refractivity contribution in [3.8, 4) is 22.6 Å². The first kappa shape index (κ1) is 21.0. The molecule has 33 heavy (non-hydrogen) atoms. The Bertz CT molecular complexity index is 1470. The number of carbonyl (C=O) groups is 1. The van der Waals surface area contributed by atoms with E-state index in [1.165, 1.54) is 23.6 Å². The van der Waals surface area contributed by atoms with E-state index in [2.05, 4.69) is 20.4 Å². The number of nitrogens with one attached hydrogen (secondary N) is 1. The van der Waals surface area contributed by atoms with Crippen molar-refractivity contribution in [2.24, 2.45) is 0 Å². The SMILES string of the molecule is CC(C)n1ncc(C(=O)Nc2nc(-c3nccc4ccccc34)cs2)c1-c1ccccc1F. The van der Waals surface area contributed by atoms with E-state index in [9.17, 15) is 9.18 Å². The Morgan fingerprint density at radius 3 is 2.70 bits per heavy atom. The number of rotatable bonds is 5. The standard InChI is InChI=1S/C25H20FN5OS/c1-15(2)31-23(18-9-5-6-10-20(18)26)19(13-28-31)24(32)30-25-29-21(14-33-25)22-17-8-4-3-7-16(17)11-12-27-22/h3-15H,1-2H3,(H,29,30,32). The highest BCUT2D eigenvalue weighted by molar-refractivity contribution is 7.14. The van der Waals surface area contributed by atoms with E-state index in [1.807, 2.05) is 49.6 Å². The number of hydrogen-bond acceptors (Lipinski definition) is 5. The highest BCUT2D eigenvalue weighted by Crippen LogP contribution is 2.31. The summed E-state index contributed by atoms with van der Waals surface area (Å²) in [6.45, 7) is 3.87. The van der Waals surface area contributed by atoms with Gasteiger partial charge in [-0.05, 0) is 37.4 Å². The fourth-order valence-corrected chi connectivity index (χ4v) is 4.46. The number of benzene rings is 2. The Balaban J connectivity index is 1.48. The Kier molecular flexibility index (Phi) is 5.43. The lowest BCUT2D eigenvalue weighted by molar-refractivity contribution is 0.102. The van der Waals surface area contributed by atoms with E-state index in [4.69, 9.17) is 0 Å². The summed E-state index contributed by atoms with van der Waals surface area (Å²) >= 11 is 1.31. The van der Waals surface area contributed by atoms with Crippen molar-refractivity contribution in [3.05, 3.63) is 83.8 Å². The minimum absolute atomic E-state index is 0.0509. The first-order valence-corrected chi connectivity index (χ1v) is 11.3. The molecule has 164 valence electrons. The van der Waals surface area contributed by atoms with Gasteiger partial charge in [-0.25, -0.2) is 9.37 Å². The van der Waals surface area contributed by atoms with Gasteiger partial charge in [0.2, 0.25) is 0 Å².